The van der Waals surface area contributed by atoms with Crippen molar-refractivity contribution in [3.8, 4) is 5.75 Å². The fourth-order valence-electron chi connectivity index (χ4n) is 1.10. The van der Waals surface area contributed by atoms with Crippen molar-refractivity contribution < 1.29 is 10.0 Å². The molecule has 0 amide bonds. The number of nitrogens with zero attached hydrogens (tertiary/aromatic N) is 1. The molecule has 4 heteroatoms. The van der Waals surface area contributed by atoms with Crippen molar-refractivity contribution in [2.24, 2.45) is 0 Å². The molecular formula is C9H11NO3. The Hall–Kier alpha value is -1.58. The third kappa shape index (κ3) is 2.74. The lowest BCUT2D eigenvalue weighted by Crippen LogP contribution is -2.17. The Bertz CT molecular complexity index is 311. The van der Waals surface area contributed by atoms with Crippen LogP contribution in [0.1, 0.15) is 12.5 Å². The molecule has 0 aliphatic rings. The van der Waals surface area contributed by atoms with Gasteiger partial charge in [-0.15, -0.1) is 0 Å². The van der Waals surface area contributed by atoms with Gasteiger partial charge in [-0.2, -0.15) is 0 Å². The highest BCUT2D eigenvalue weighted by Crippen LogP contribution is 2.13. The van der Waals surface area contributed by atoms with E-state index in [1.165, 1.54) is 0 Å². The first-order chi connectivity index (χ1) is 6.09. The molecule has 1 aromatic carbocycles. The van der Waals surface area contributed by atoms with Crippen molar-refractivity contribution in [1.29, 1.82) is 0 Å². The molecule has 0 spiro atoms. The Labute approximate surface area is 76.0 Å². The zero-order valence-corrected chi connectivity index (χ0v) is 7.30. The number of hydrogen-bond donors (Lipinski definition) is 1. The molecule has 0 aliphatic heterocycles. The molecule has 1 atom stereocenters. The summed E-state index contributed by atoms with van der Waals surface area (Å²) < 4.78 is 0. The summed E-state index contributed by atoms with van der Waals surface area (Å²) in [6, 6.07) is 5.92. The smallest absolute Gasteiger partial charge is 0.214 e. The van der Waals surface area contributed by atoms with Crippen molar-refractivity contribution >= 4 is 0 Å². The van der Waals surface area contributed by atoms with Crippen LogP contribution in [0.4, 0.5) is 0 Å². The SMILES string of the molecule is CC(Cc1cccc(O)c1)[N+](=O)[O-]. The molecule has 0 saturated carbocycles. The van der Waals surface area contributed by atoms with E-state index in [-0.39, 0.29) is 10.7 Å². The van der Waals surface area contributed by atoms with Crippen molar-refractivity contribution in [3.63, 3.8) is 0 Å². The topological polar surface area (TPSA) is 63.4 Å². The fraction of sp³-hybridized carbons (Fsp3) is 0.333. The second kappa shape index (κ2) is 3.89. The van der Waals surface area contributed by atoms with Gasteiger partial charge in [-0.05, 0) is 17.7 Å². The van der Waals surface area contributed by atoms with Gasteiger partial charge in [-0.1, -0.05) is 12.1 Å². The molecule has 0 aliphatic carbocycles. The average molecular weight is 181 g/mol. The van der Waals surface area contributed by atoms with Gasteiger partial charge in [0.05, 0.1) is 0 Å². The van der Waals surface area contributed by atoms with E-state index in [4.69, 9.17) is 5.11 Å². The number of phenolic OH excluding ortho intramolecular Hbond substituents is 1. The zero-order chi connectivity index (χ0) is 9.84. The second-order valence-electron chi connectivity index (χ2n) is 3.01. The minimum absolute atomic E-state index is 0.146. The maximum atomic E-state index is 10.3. The molecule has 1 aromatic rings. The van der Waals surface area contributed by atoms with Crippen LogP contribution in [0.3, 0.4) is 0 Å². The Morgan fingerprint density at radius 2 is 2.31 bits per heavy atom. The number of nitro groups is 1. The lowest BCUT2D eigenvalue weighted by atomic mass is 10.1. The number of benzene rings is 1. The maximum absolute atomic E-state index is 10.3. The molecule has 70 valence electrons. The Morgan fingerprint density at radius 3 is 2.85 bits per heavy atom. The number of phenols is 1. The zero-order valence-electron chi connectivity index (χ0n) is 7.30. The molecule has 0 fully saturated rings. The highest BCUT2D eigenvalue weighted by Gasteiger charge is 2.13. The maximum Gasteiger partial charge on any atom is 0.214 e. The van der Waals surface area contributed by atoms with Crippen LogP contribution >= 0.6 is 0 Å². The number of aromatic hydroxyl groups is 1. The molecule has 1 N–H and O–H groups in total. The van der Waals surface area contributed by atoms with Crippen LogP contribution in [0.5, 0.6) is 5.75 Å². The number of rotatable bonds is 3. The third-order valence-corrected chi connectivity index (χ3v) is 1.80. The van der Waals surface area contributed by atoms with E-state index in [2.05, 4.69) is 0 Å². The lowest BCUT2D eigenvalue weighted by molar-refractivity contribution is -0.517. The normalized spacial score (nSPS) is 12.4. The van der Waals surface area contributed by atoms with E-state index in [9.17, 15) is 10.1 Å². The standard InChI is InChI=1S/C9H11NO3/c1-7(10(12)13)5-8-3-2-4-9(11)6-8/h2-4,6-7,11H,5H2,1H3. The monoisotopic (exact) mass is 181 g/mol. The Balaban J connectivity index is 2.69. The van der Waals surface area contributed by atoms with E-state index in [0.29, 0.717) is 6.42 Å². The fourth-order valence-corrected chi connectivity index (χ4v) is 1.10. The molecule has 0 saturated heterocycles. The van der Waals surface area contributed by atoms with Gasteiger partial charge in [0.2, 0.25) is 6.04 Å². The van der Waals surface area contributed by atoms with Crippen molar-refractivity contribution in [1.82, 2.24) is 0 Å². The van der Waals surface area contributed by atoms with Crippen LogP contribution in [0.2, 0.25) is 0 Å². The van der Waals surface area contributed by atoms with Gasteiger partial charge in [0.15, 0.2) is 0 Å². The highest BCUT2D eigenvalue weighted by molar-refractivity contribution is 5.27. The summed E-state index contributed by atoms with van der Waals surface area (Å²) in [5, 5.41) is 19.4. The molecule has 4 nitrogen and oxygen atoms in total. The highest BCUT2D eigenvalue weighted by atomic mass is 16.6. The van der Waals surface area contributed by atoms with E-state index in [1.807, 2.05) is 0 Å². The van der Waals surface area contributed by atoms with E-state index in [1.54, 1.807) is 31.2 Å². The molecule has 0 heterocycles. The summed E-state index contributed by atoms with van der Waals surface area (Å²) in [6.07, 6.45) is 0.349. The van der Waals surface area contributed by atoms with Gasteiger partial charge in [0.25, 0.3) is 0 Å². The van der Waals surface area contributed by atoms with Crippen LogP contribution in [-0.4, -0.2) is 16.1 Å². The van der Waals surface area contributed by atoms with Crippen LogP contribution in [0.15, 0.2) is 24.3 Å². The lowest BCUT2D eigenvalue weighted by Gasteiger charge is -2.03. The van der Waals surface area contributed by atoms with Crippen LogP contribution in [0, 0.1) is 10.1 Å². The first kappa shape index (κ1) is 9.51. The molecular weight excluding hydrogens is 170 g/mol. The Morgan fingerprint density at radius 1 is 1.62 bits per heavy atom. The second-order valence-corrected chi connectivity index (χ2v) is 3.01. The molecule has 1 rings (SSSR count). The van der Waals surface area contributed by atoms with Gasteiger partial charge < -0.3 is 5.11 Å². The quantitative estimate of drug-likeness (QED) is 0.569. The van der Waals surface area contributed by atoms with E-state index < -0.39 is 6.04 Å². The summed E-state index contributed by atoms with van der Waals surface area (Å²) in [5.41, 5.74) is 0.782. The average Bonchev–Trinajstić information content (AvgIpc) is 2.04. The Kier molecular flexibility index (Phi) is 2.84. The van der Waals surface area contributed by atoms with Crippen LogP contribution in [-0.2, 0) is 6.42 Å². The molecule has 1 unspecified atom stereocenters. The third-order valence-electron chi connectivity index (χ3n) is 1.80. The van der Waals surface area contributed by atoms with Crippen LogP contribution in [0.25, 0.3) is 0 Å². The largest absolute Gasteiger partial charge is 0.508 e. The summed E-state index contributed by atoms with van der Waals surface area (Å²) in [7, 11) is 0. The summed E-state index contributed by atoms with van der Waals surface area (Å²) in [6.45, 7) is 1.55. The molecule has 13 heavy (non-hydrogen) atoms. The molecule has 0 aromatic heterocycles. The first-order valence-corrected chi connectivity index (χ1v) is 4.01. The van der Waals surface area contributed by atoms with Gasteiger partial charge in [0.1, 0.15) is 5.75 Å². The predicted molar refractivity (Wildman–Crippen MR) is 48.3 cm³/mol. The minimum Gasteiger partial charge on any atom is -0.508 e. The number of hydrogen-bond acceptors (Lipinski definition) is 3. The molecule has 0 radical (unpaired) electrons. The summed E-state index contributed by atoms with van der Waals surface area (Å²) >= 11 is 0. The van der Waals surface area contributed by atoms with E-state index >= 15 is 0 Å². The minimum atomic E-state index is -0.609. The predicted octanol–water partition coefficient (Wildman–Crippen LogP) is 1.60. The van der Waals surface area contributed by atoms with Crippen molar-refractivity contribution in [3.05, 3.63) is 39.9 Å². The summed E-state index contributed by atoms with van der Waals surface area (Å²) in [4.78, 5) is 10.0. The van der Waals surface area contributed by atoms with Crippen LogP contribution < -0.4 is 0 Å². The van der Waals surface area contributed by atoms with Gasteiger partial charge in [0, 0.05) is 18.3 Å². The van der Waals surface area contributed by atoms with Gasteiger partial charge in [-0.25, -0.2) is 0 Å². The summed E-state index contributed by atoms with van der Waals surface area (Å²) in [5.74, 6) is 0.146. The molecule has 0 bridgehead atoms. The van der Waals surface area contributed by atoms with Gasteiger partial charge in [-0.3, -0.25) is 10.1 Å². The van der Waals surface area contributed by atoms with Crippen molar-refractivity contribution in [2.75, 3.05) is 0 Å². The van der Waals surface area contributed by atoms with Crippen molar-refractivity contribution in [2.45, 2.75) is 19.4 Å². The van der Waals surface area contributed by atoms with Gasteiger partial charge >= 0.3 is 0 Å². The first-order valence-electron chi connectivity index (χ1n) is 4.01. The van der Waals surface area contributed by atoms with E-state index in [0.717, 1.165) is 5.56 Å².